The number of hydrogen-bond donors (Lipinski definition) is 2. The largest absolute Gasteiger partial charge is 0.459 e. The normalized spacial score (nSPS) is 16.4. The molecule has 1 aliphatic heterocycles. The number of rotatable bonds is 5. The van der Waals surface area contributed by atoms with E-state index in [1.165, 1.54) is 43.0 Å². The van der Waals surface area contributed by atoms with Crippen LogP contribution in [0.5, 0.6) is 0 Å². The smallest absolute Gasteiger partial charge is 0.416 e. The predicted octanol–water partition coefficient (Wildman–Crippen LogP) is 3.40. The number of nitrogens with zero attached hydrogens (tertiary/aromatic N) is 4. The molecule has 36 heavy (non-hydrogen) atoms. The summed E-state index contributed by atoms with van der Waals surface area (Å²) >= 11 is 0. The Balaban J connectivity index is 1.96. The van der Waals surface area contributed by atoms with E-state index < -0.39 is 35.5 Å². The molecule has 2 unspecified atom stereocenters. The second kappa shape index (κ2) is 9.35. The fraction of sp³-hybridized carbons (Fsp3) is 0.250. The molecular formula is C24H20F3N5O4. The van der Waals surface area contributed by atoms with Gasteiger partial charge in [-0.2, -0.15) is 18.4 Å². The third-order valence-corrected chi connectivity index (χ3v) is 5.61. The van der Waals surface area contributed by atoms with Crippen molar-refractivity contribution in [3.05, 3.63) is 87.0 Å². The molecule has 9 nitrogen and oxygen atoms in total. The number of alkyl halides is 3. The van der Waals surface area contributed by atoms with Gasteiger partial charge in [-0.3, -0.25) is 4.90 Å². The molecule has 12 heteroatoms. The molecule has 2 atom stereocenters. The molecule has 3 aromatic rings. The van der Waals surface area contributed by atoms with Gasteiger partial charge in [-0.15, -0.1) is 5.10 Å². The third kappa shape index (κ3) is 4.48. The average molecular weight is 499 g/mol. The number of aliphatic hydroxyl groups excluding tert-OH is 1. The Hall–Kier alpha value is -4.37. The van der Waals surface area contributed by atoms with Crippen LogP contribution < -0.4 is 10.6 Å². The second-order valence-electron chi connectivity index (χ2n) is 8.17. The van der Waals surface area contributed by atoms with Crippen LogP contribution >= 0.6 is 0 Å². The van der Waals surface area contributed by atoms with Crippen molar-refractivity contribution in [2.75, 3.05) is 11.5 Å². The van der Waals surface area contributed by atoms with Crippen molar-refractivity contribution >= 4 is 17.6 Å². The van der Waals surface area contributed by atoms with Crippen LogP contribution in [0.15, 0.2) is 64.6 Å². The lowest BCUT2D eigenvalue weighted by Gasteiger charge is -2.35. The lowest BCUT2D eigenvalue weighted by Crippen LogP contribution is -2.38. The van der Waals surface area contributed by atoms with Crippen LogP contribution in [0, 0.1) is 11.3 Å². The summed E-state index contributed by atoms with van der Waals surface area (Å²) in [5.74, 6) is -0.920. The molecule has 0 saturated carbocycles. The molecule has 0 saturated heterocycles. The zero-order chi connectivity index (χ0) is 26.2. The number of aliphatic hydroxyl groups is 1. The molecule has 1 aromatic heterocycles. The van der Waals surface area contributed by atoms with Gasteiger partial charge in [-0.05, 0) is 49.7 Å². The molecule has 0 amide bonds. The number of nitriles is 1. The van der Waals surface area contributed by atoms with Crippen molar-refractivity contribution in [3.63, 3.8) is 0 Å². The van der Waals surface area contributed by atoms with Gasteiger partial charge in [0.2, 0.25) is 5.95 Å². The summed E-state index contributed by atoms with van der Waals surface area (Å²) in [6.45, 7) is 2.58. The van der Waals surface area contributed by atoms with Gasteiger partial charge in [0, 0.05) is 11.4 Å². The second-order valence-corrected chi connectivity index (χ2v) is 8.17. The number of ether oxygens (including phenoxy) is 1. The van der Waals surface area contributed by atoms with E-state index in [0.717, 1.165) is 16.7 Å². The van der Waals surface area contributed by atoms with E-state index in [-0.39, 0.29) is 29.5 Å². The van der Waals surface area contributed by atoms with E-state index in [4.69, 9.17) is 10.00 Å². The zero-order valence-corrected chi connectivity index (χ0v) is 19.1. The highest BCUT2D eigenvalue weighted by Crippen LogP contribution is 2.42. The Morgan fingerprint density at radius 3 is 2.58 bits per heavy atom. The fourth-order valence-electron chi connectivity index (χ4n) is 4.00. The predicted molar refractivity (Wildman–Crippen MR) is 121 cm³/mol. The molecule has 2 heterocycles. The maximum absolute atomic E-state index is 13.4. The maximum atomic E-state index is 13.4. The van der Waals surface area contributed by atoms with Crippen molar-refractivity contribution in [1.29, 1.82) is 5.26 Å². The van der Waals surface area contributed by atoms with Crippen LogP contribution in [0.1, 0.15) is 36.6 Å². The van der Waals surface area contributed by atoms with Gasteiger partial charge in [-0.25, -0.2) is 19.3 Å². The minimum atomic E-state index is -4.63. The number of allylic oxidation sites excluding steroid dienone is 1. The number of carbonyl (C=O) groups is 1. The number of anilines is 2. The molecule has 186 valence electrons. The Morgan fingerprint density at radius 1 is 1.28 bits per heavy atom. The summed E-state index contributed by atoms with van der Waals surface area (Å²) in [4.78, 5) is 27.4. The number of hydrogen-bond acceptors (Lipinski definition) is 7. The van der Waals surface area contributed by atoms with Gasteiger partial charge in [0.1, 0.15) is 12.6 Å². The highest BCUT2D eigenvalue weighted by Gasteiger charge is 2.40. The number of esters is 1. The topological polar surface area (TPSA) is 124 Å². The van der Waals surface area contributed by atoms with Gasteiger partial charge >= 0.3 is 17.8 Å². The monoisotopic (exact) mass is 499 g/mol. The number of H-pyrrole nitrogens is 1. The number of carbonyl (C=O) groups excluding carboxylic acids is 1. The number of benzene rings is 2. The van der Waals surface area contributed by atoms with Gasteiger partial charge in [0.05, 0.1) is 28.9 Å². The first-order valence-electron chi connectivity index (χ1n) is 10.7. The van der Waals surface area contributed by atoms with E-state index in [0.29, 0.717) is 11.1 Å². The van der Waals surface area contributed by atoms with Crippen molar-refractivity contribution in [2.45, 2.75) is 32.2 Å². The fourth-order valence-corrected chi connectivity index (χ4v) is 4.00. The first kappa shape index (κ1) is 24.7. The molecule has 4 rings (SSSR count). The van der Waals surface area contributed by atoms with Crippen LogP contribution in [0.2, 0.25) is 0 Å². The molecule has 0 bridgehead atoms. The van der Waals surface area contributed by atoms with Crippen LogP contribution in [0.4, 0.5) is 24.8 Å². The molecule has 2 N–H and O–H groups in total. The van der Waals surface area contributed by atoms with E-state index >= 15 is 0 Å². The van der Waals surface area contributed by atoms with Crippen molar-refractivity contribution in [1.82, 2.24) is 14.8 Å². The molecule has 0 aliphatic carbocycles. The Kier molecular flexibility index (Phi) is 6.43. The van der Waals surface area contributed by atoms with Crippen molar-refractivity contribution < 1.29 is 27.8 Å². The summed E-state index contributed by atoms with van der Waals surface area (Å²) in [7, 11) is 0. The highest BCUT2D eigenvalue weighted by atomic mass is 19.4. The molecule has 0 radical (unpaired) electrons. The first-order valence-corrected chi connectivity index (χ1v) is 10.7. The van der Waals surface area contributed by atoms with Crippen LogP contribution in [-0.2, 0) is 15.7 Å². The number of fused-ring (bicyclic) bond motifs is 1. The zero-order valence-electron chi connectivity index (χ0n) is 19.1. The van der Waals surface area contributed by atoms with Crippen molar-refractivity contribution in [3.8, 4) is 6.07 Å². The van der Waals surface area contributed by atoms with Crippen molar-refractivity contribution in [2.24, 2.45) is 0 Å². The minimum absolute atomic E-state index is 0.0154. The number of nitrogens with one attached hydrogen (secondary N) is 1. The lowest BCUT2D eigenvalue weighted by molar-refractivity contribution is -0.142. The standard InChI is InChI=1S/C24H20F3N5O4/c1-13(33)12-36-21(34)19-14(2)31(18-5-3-4-17(10-18)24(25,26)27)22-29-30-23(35)32(22)20(19)16-8-6-15(11-28)7-9-16/h3-10,13,20,33H,12H2,1-2H3,(H,30,35). The highest BCUT2D eigenvalue weighted by molar-refractivity contribution is 5.93. The SMILES string of the molecule is CC1=C(C(=O)OCC(C)O)C(c2ccc(C#N)cc2)n2c(n[nH]c2=O)N1c1cccc(C(F)(F)F)c1. The molecule has 0 spiro atoms. The van der Waals surface area contributed by atoms with E-state index in [1.54, 1.807) is 12.1 Å². The summed E-state index contributed by atoms with van der Waals surface area (Å²) in [5, 5.41) is 25.1. The summed E-state index contributed by atoms with van der Waals surface area (Å²) in [5.41, 5.74) is -0.722. The summed E-state index contributed by atoms with van der Waals surface area (Å²) in [6.07, 6.45) is -5.60. The Bertz CT molecular complexity index is 1430. The van der Waals surface area contributed by atoms with Gasteiger partial charge < -0.3 is 9.84 Å². The maximum Gasteiger partial charge on any atom is 0.416 e. The molecule has 2 aromatic carbocycles. The van der Waals surface area contributed by atoms with E-state index in [9.17, 15) is 27.9 Å². The van der Waals surface area contributed by atoms with Gasteiger partial charge in [-0.1, -0.05) is 18.2 Å². The minimum Gasteiger partial charge on any atom is -0.459 e. The quantitative estimate of drug-likeness (QED) is 0.516. The molecule has 1 aliphatic rings. The van der Waals surface area contributed by atoms with E-state index in [1.807, 2.05) is 6.07 Å². The van der Waals surface area contributed by atoms with Crippen LogP contribution in [0.25, 0.3) is 0 Å². The van der Waals surface area contributed by atoms with Crippen LogP contribution in [-0.4, -0.2) is 38.6 Å². The lowest BCUT2D eigenvalue weighted by atomic mass is 9.93. The number of halogens is 3. The average Bonchev–Trinajstić information content (AvgIpc) is 3.22. The Labute approximate surface area is 202 Å². The number of aromatic amines is 1. The third-order valence-electron chi connectivity index (χ3n) is 5.61. The van der Waals surface area contributed by atoms with Crippen LogP contribution in [0.3, 0.4) is 0 Å². The van der Waals surface area contributed by atoms with Gasteiger partial charge in [0.25, 0.3) is 0 Å². The Morgan fingerprint density at radius 2 is 1.97 bits per heavy atom. The number of aromatic nitrogens is 3. The van der Waals surface area contributed by atoms with E-state index in [2.05, 4.69) is 10.2 Å². The first-order chi connectivity index (χ1) is 17.0. The van der Waals surface area contributed by atoms with Gasteiger partial charge in [0.15, 0.2) is 0 Å². The summed E-state index contributed by atoms with van der Waals surface area (Å²) in [6, 6.07) is 11.4. The molecule has 0 fully saturated rings. The summed E-state index contributed by atoms with van der Waals surface area (Å²) < 4.78 is 46.7. The molecular weight excluding hydrogens is 479 g/mol.